The van der Waals surface area contributed by atoms with Crippen LogP contribution in [0.4, 0.5) is 0 Å². The molecule has 0 aliphatic heterocycles. The molecule has 0 aliphatic rings. The highest BCUT2D eigenvalue weighted by atomic mass is 16.5. The first-order chi connectivity index (χ1) is 7.36. The van der Waals surface area contributed by atoms with Gasteiger partial charge < -0.3 is 9.30 Å². The van der Waals surface area contributed by atoms with Crippen LogP contribution < -0.4 is 0 Å². The maximum absolute atomic E-state index is 5.20. The molecule has 0 atom stereocenters. The number of benzene rings is 1. The van der Waals surface area contributed by atoms with Crippen molar-refractivity contribution in [2.45, 2.75) is 26.5 Å². The number of para-hydroxylation sites is 2. The van der Waals surface area contributed by atoms with Gasteiger partial charge in [-0.15, -0.1) is 0 Å². The normalized spacial score (nSPS) is 11.1. The third-order valence-corrected chi connectivity index (χ3v) is 2.47. The lowest BCUT2D eigenvalue weighted by atomic mass is 10.3. The summed E-state index contributed by atoms with van der Waals surface area (Å²) >= 11 is 0. The molecule has 1 aromatic heterocycles. The van der Waals surface area contributed by atoms with Gasteiger partial charge in [-0.2, -0.15) is 0 Å². The molecule has 0 N–H and O–H groups in total. The number of ether oxygens (including phenoxy) is 1. The molecule has 3 heteroatoms. The highest BCUT2D eigenvalue weighted by Gasteiger charge is 2.08. The Hall–Kier alpha value is -1.35. The van der Waals surface area contributed by atoms with E-state index in [1.807, 2.05) is 18.2 Å². The molecule has 0 saturated heterocycles. The monoisotopic (exact) mass is 204 g/mol. The first-order valence-corrected chi connectivity index (χ1v) is 5.30. The number of imidazole rings is 1. The molecule has 0 unspecified atom stereocenters. The second-order valence-corrected chi connectivity index (χ2v) is 3.61. The fraction of sp³-hybridized carbons (Fsp3) is 0.417. The Bertz CT molecular complexity index is 448. The van der Waals surface area contributed by atoms with E-state index in [0.29, 0.717) is 6.73 Å². The summed E-state index contributed by atoms with van der Waals surface area (Å²) in [7, 11) is 1.71. The van der Waals surface area contributed by atoms with E-state index in [0.717, 1.165) is 29.7 Å². The Morgan fingerprint density at radius 1 is 1.33 bits per heavy atom. The van der Waals surface area contributed by atoms with Gasteiger partial charge >= 0.3 is 0 Å². The lowest BCUT2D eigenvalue weighted by Crippen LogP contribution is -2.04. The summed E-state index contributed by atoms with van der Waals surface area (Å²) in [5, 5.41) is 0. The molecule has 1 aromatic carbocycles. The molecule has 15 heavy (non-hydrogen) atoms. The van der Waals surface area contributed by atoms with Crippen molar-refractivity contribution in [2.24, 2.45) is 0 Å². The van der Waals surface area contributed by atoms with Crippen LogP contribution in [-0.2, 0) is 17.9 Å². The van der Waals surface area contributed by atoms with E-state index >= 15 is 0 Å². The fourth-order valence-corrected chi connectivity index (χ4v) is 1.81. The molecule has 0 radical (unpaired) electrons. The zero-order valence-corrected chi connectivity index (χ0v) is 9.23. The summed E-state index contributed by atoms with van der Waals surface area (Å²) in [4.78, 5) is 4.60. The van der Waals surface area contributed by atoms with E-state index < -0.39 is 0 Å². The SMILES string of the molecule is CCCc1nc2ccccc2n1COC. The Balaban J connectivity index is 2.53. The largest absolute Gasteiger partial charge is 0.364 e. The van der Waals surface area contributed by atoms with Crippen LogP contribution in [0, 0.1) is 0 Å². The first kappa shape index (κ1) is 10.2. The lowest BCUT2D eigenvalue weighted by Gasteiger charge is -2.06. The summed E-state index contributed by atoms with van der Waals surface area (Å²) in [5.41, 5.74) is 2.21. The molecule has 2 rings (SSSR count). The third-order valence-electron chi connectivity index (χ3n) is 2.47. The average molecular weight is 204 g/mol. The zero-order valence-electron chi connectivity index (χ0n) is 9.23. The van der Waals surface area contributed by atoms with Crippen molar-refractivity contribution >= 4 is 11.0 Å². The van der Waals surface area contributed by atoms with E-state index in [1.165, 1.54) is 0 Å². The number of hydrogen-bond donors (Lipinski definition) is 0. The number of aryl methyl sites for hydroxylation is 1. The van der Waals surface area contributed by atoms with Crippen LogP contribution in [0.1, 0.15) is 19.2 Å². The number of aromatic nitrogens is 2. The molecule has 0 bridgehead atoms. The van der Waals surface area contributed by atoms with Gasteiger partial charge in [0, 0.05) is 13.5 Å². The topological polar surface area (TPSA) is 27.1 Å². The highest BCUT2D eigenvalue weighted by Crippen LogP contribution is 2.16. The highest BCUT2D eigenvalue weighted by molar-refractivity contribution is 5.75. The summed E-state index contributed by atoms with van der Waals surface area (Å²) in [5.74, 6) is 1.11. The van der Waals surface area contributed by atoms with Gasteiger partial charge in [0.1, 0.15) is 12.6 Å². The van der Waals surface area contributed by atoms with Gasteiger partial charge in [-0.1, -0.05) is 19.1 Å². The maximum atomic E-state index is 5.20. The predicted octanol–water partition coefficient (Wildman–Crippen LogP) is 2.59. The number of hydrogen-bond acceptors (Lipinski definition) is 2. The van der Waals surface area contributed by atoms with Crippen molar-refractivity contribution in [2.75, 3.05) is 7.11 Å². The molecule has 80 valence electrons. The van der Waals surface area contributed by atoms with Crippen LogP contribution in [0.15, 0.2) is 24.3 Å². The maximum Gasteiger partial charge on any atom is 0.124 e. The standard InChI is InChI=1S/C12H16N2O/c1-3-6-12-13-10-7-4-5-8-11(10)14(12)9-15-2/h4-5,7-8H,3,6,9H2,1-2H3. The number of nitrogens with zero attached hydrogens (tertiary/aromatic N) is 2. The van der Waals surface area contributed by atoms with E-state index in [-0.39, 0.29) is 0 Å². The number of methoxy groups -OCH3 is 1. The molecule has 0 amide bonds. The van der Waals surface area contributed by atoms with E-state index in [9.17, 15) is 0 Å². The summed E-state index contributed by atoms with van der Waals surface area (Å²) in [6, 6.07) is 8.18. The molecule has 3 nitrogen and oxygen atoms in total. The average Bonchev–Trinajstić information content (AvgIpc) is 2.59. The van der Waals surface area contributed by atoms with Crippen molar-refractivity contribution in [3.63, 3.8) is 0 Å². The van der Waals surface area contributed by atoms with Gasteiger partial charge in [0.05, 0.1) is 11.0 Å². The minimum atomic E-state index is 0.579. The molecule has 1 heterocycles. The third kappa shape index (κ3) is 1.88. The summed E-state index contributed by atoms with van der Waals surface area (Å²) in [6.07, 6.45) is 2.10. The minimum Gasteiger partial charge on any atom is -0.364 e. The van der Waals surface area contributed by atoms with Crippen LogP contribution in [0.3, 0.4) is 0 Å². The minimum absolute atomic E-state index is 0.579. The fourth-order valence-electron chi connectivity index (χ4n) is 1.81. The van der Waals surface area contributed by atoms with E-state index in [1.54, 1.807) is 7.11 Å². The van der Waals surface area contributed by atoms with Crippen molar-refractivity contribution in [1.29, 1.82) is 0 Å². The molecule has 2 aromatic rings. The molecule has 0 spiro atoms. The lowest BCUT2D eigenvalue weighted by molar-refractivity contribution is 0.132. The summed E-state index contributed by atoms with van der Waals surface area (Å²) < 4.78 is 7.34. The Labute approximate surface area is 89.7 Å². The molecular weight excluding hydrogens is 188 g/mol. The second kappa shape index (κ2) is 4.45. The quantitative estimate of drug-likeness (QED) is 0.765. The molecule has 0 aliphatic carbocycles. The number of fused-ring (bicyclic) bond motifs is 1. The Morgan fingerprint density at radius 2 is 2.13 bits per heavy atom. The van der Waals surface area contributed by atoms with Crippen molar-refractivity contribution in [3.05, 3.63) is 30.1 Å². The van der Waals surface area contributed by atoms with Gasteiger partial charge in [0.25, 0.3) is 0 Å². The van der Waals surface area contributed by atoms with Gasteiger partial charge in [-0.25, -0.2) is 4.98 Å². The van der Waals surface area contributed by atoms with Crippen molar-refractivity contribution in [1.82, 2.24) is 9.55 Å². The van der Waals surface area contributed by atoms with Crippen molar-refractivity contribution in [3.8, 4) is 0 Å². The van der Waals surface area contributed by atoms with E-state index in [4.69, 9.17) is 4.74 Å². The van der Waals surface area contributed by atoms with Crippen LogP contribution >= 0.6 is 0 Å². The van der Waals surface area contributed by atoms with E-state index in [2.05, 4.69) is 22.5 Å². The molecular formula is C12H16N2O. The number of rotatable bonds is 4. The smallest absolute Gasteiger partial charge is 0.124 e. The van der Waals surface area contributed by atoms with Gasteiger partial charge in [0.2, 0.25) is 0 Å². The predicted molar refractivity (Wildman–Crippen MR) is 60.7 cm³/mol. The van der Waals surface area contributed by atoms with Gasteiger partial charge in [0.15, 0.2) is 0 Å². The van der Waals surface area contributed by atoms with Crippen LogP contribution in [0.25, 0.3) is 11.0 Å². The van der Waals surface area contributed by atoms with Crippen LogP contribution in [0.2, 0.25) is 0 Å². The Kier molecular flexibility index (Phi) is 3.02. The van der Waals surface area contributed by atoms with Crippen molar-refractivity contribution < 1.29 is 4.74 Å². The summed E-state index contributed by atoms with van der Waals surface area (Å²) in [6.45, 7) is 2.74. The van der Waals surface area contributed by atoms with Crippen LogP contribution in [0.5, 0.6) is 0 Å². The molecule has 0 fully saturated rings. The van der Waals surface area contributed by atoms with Crippen LogP contribution in [-0.4, -0.2) is 16.7 Å². The first-order valence-electron chi connectivity index (χ1n) is 5.30. The van der Waals surface area contributed by atoms with Gasteiger partial charge in [-0.3, -0.25) is 0 Å². The van der Waals surface area contributed by atoms with Gasteiger partial charge in [-0.05, 0) is 18.6 Å². The zero-order chi connectivity index (χ0) is 10.7. The Morgan fingerprint density at radius 3 is 2.87 bits per heavy atom. The second-order valence-electron chi connectivity index (χ2n) is 3.61. The molecule has 0 saturated carbocycles.